The van der Waals surface area contributed by atoms with Crippen molar-refractivity contribution in [1.82, 2.24) is 0 Å². The lowest BCUT2D eigenvalue weighted by Gasteiger charge is -2.06. The van der Waals surface area contributed by atoms with E-state index in [9.17, 15) is 9.59 Å². The Bertz CT molecular complexity index is 190. The molecule has 0 aliphatic heterocycles. The van der Waals surface area contributed by atoms with E-state index < -0.39 is 22.6 Å². The van der Waals surface area contributed by atoms with Crippen molar-refractivity contribution < 1.29 is 9.59 Å². The third-order valence-corrected chi connectivity index (χ3v) is 2.65. The van der Waals surface area contributed by atoms with Gasteiger partial charge in [-0.2, -0.15) is 0 Å². The van der Waals surface area contributed by atoms with Gasteiger partial charge in [-0.25, -0.2) is 0 Å². The molecule has 0 rings (SSSR count). The largest absolute Gasteiger partial charge is 0.368 e. The van der Waals surface area contributed by atoms with Crippen molar-refractivity contribution in [2.75, 3.05) is 0 Å². The van der Waals surface area contributed by atoms with Crippen LogP contribution >= 0.6 is 23.2 Å². The first kappa shape index (κ1) is 13.5. The molecule has 2 atom stereocenters. The first-order chi connectivity index (χ1) is 6.45. The van der Waals surface area contributed by atoms with Gasteiger partial charge in [0.1, 0.15) is 10.8 Å². The van der Waals surface area contributed by atoms with Gasteiger partial charge < -0.3 is 11.5 Å². The van der Waals surface area contributed by atoms with Gasteiger partial charge in [-0.1, -0.05) is 12.8 Å². The Morgan fingerprint density at radius 1 is 0.929 bits per heavy atom. The zero-order valence-electron chi connectivity index (χ0n) is 7.71. The van der Waals surface area contributed by atoms with Gasteiger partial charge in [0.25, 0.3) is 0 Å². The maximum Gasteiger partial charge on any atom is 0.235 e. The van der Waals surface area contributed by atoms with E-state index in [1.807, 2.05) is 0 Å². The Kier molecular flexibility index (Phi) is 6.66. The molecule has 0 saturated carbocycles. The first-order valence-electron chi connectivity index (χ1n) is 4.32. The molecule has 0 aliphatic carbocycles. The Balaban J connectivity index is 3.47. The van der Waals surface area contributed by atoms with Crippen LogP contribution in [0.5, 0.6) is 0 Å². The lowest BCUT2D eigenvalue weighted by Crippen LogP contribution is -2.24. The molecular formula is C8H14Cl2N2O2. The lowest BCUT2D eigenvalue weighted by atomic mass is 10.1. The molecule has 82 valence electrons. The van der Waals surface area contributed by atoms with Crippen LogP contribution in [0.4, 0.5) is 0 Å². The van der Waals surface area contributed by atoms with Crippen LogP contribution in [0.25, 0.3) is 0 Å². The number of nitrogens with two attached hydrogens (primary N) is 2. The summed E-state index contributed by atoms with van der Waals surface area (Å²) in [4.78, 5) is 21.1. The zero-order chi connectivity index (χ0) is 11.1. The normalized spacial score (nSPS) is 14.7. The van der Waals surface area contributed by atoms with E-state index in [-0.39, 0.29) is 0 Å². The fraction of sp³-hybridized carbons (Fsp3) is 0.750. The van der Waals surface area contributed by atoms with Crippen molar-refractivity contribution in [2.45, 2.75) is 36.4 Å². The number of alkyl halides is 2. The average Bonchev–Trinajstić information content (AvgIpc) is 2.11. The van der Waals surface area contributed by atoms with Gasteiger partial charge in [-0.05, 0) is 12.8 Å². The van der Waals surface area contributed by atoms with Crippen molar-refractivity contribution in [3.8, 4) is 0 Å². The van der Waals surface area contributed by atoms with Gasteiger partial charge in [-0.15, -0.1) is 23.2 Å². The number of unbranched alkanes of at least 4 members (excludes halogenated alkanes) is 1. The highest BCUT2D eigenvalue weighted by atomic mass is 35.5. The van der Waals surface area contributed by atoms with Gasteiger partial charge in [0.05, 0.1) is 0 Å². The molecule has 2 amide bonds. The predicted molar refractivity (Wildman–Crippen MR) is 56.1 cm³/mol. The van der Waals surface area contributed by atoms with E-state index in [1.54, 1.807) is 0 Å². The minimum atomic E-state index is -0.641. The van der Waals surface area contributed by atoms with E-state index in [4.69, 9.17) is 34.7 Å². The van der Waals surface area contributed by atoms with Crippen molar-refractivity contribution in [2.24, 2.45) is 11.5 Å². The summed E-state index contributed by atoms with van der Waals surface area (Å²) in [5.74, 6) is -1.05. The zero-order valence-corrected chi connectivity index (χ0v) is 9.22. The molecule has 6 heteroatoms. The number of carbonyl (C=O) groups excluding carboxylic acids is 2. The highest BCUT2D eigenvalue weighted by Crippen LogP contribution is 2.12. The SMILES string of the molecule is NC(=O)C(Cl)CCCCC(Cl)C(N)=O. The minimum absolute atomic E-state index is 0.499. The van der Waals surface area contributed by atoms with Crippen LogP contribution < -0.4 is 11.5 Å². The van der Waals surface area contributed by atoms with Crippen LogP contribution in [-0.4, -0.2) is 22.6 Å². The highest BCUT2D eigenvalue weighted by Gasteiger charge is 2.13. The van der Waals surface area contributed by atoms with Crippen LogP contribution in [0.3, 0.4) is 0 Å². The average molecular weight is 241 g/mol. The fourth-order valence-electron chi connectivity index (χ4n) is 0.932. The second-order valence-electron chi connectivity index (χ2n) is 3.02. The standard InChI is InChI=1S/C8H14Cl2N2O2/c9-5(7(11)13)3-1-2-4-6(10)8(12)14/h5-6H,1-4H2,(H2,11,13)(H2,12,14). The van der Waals surface area contributed by atoms with E-state index >= 15 is 0 Å². The molecule has 4 N–H and O–H groups in total. The number of hydrogen-bond donors (Lipinski definition) is 2. The summed E-state index contributed by atoms with van der Waals surface area (Å²) in [7, 11) is 0. The van der Waals surface area contributed by atoms with Gasteiger partial charge in [0.2, 0.25) is 11.8 Å². The second-order valence-corrected chi connectivity index (χ2v) is 4.08. The van der Waals surface area contributed by atoms with Crippen molar-refractivity contribution in [3.05, 3.63) is 0 Å². The Hall–Kier alpha value is -0.480. The smallest absolute Gasteiger partial charge is 0.235 e. The van der Waals surface area contributed by atoms with Crippen molar-refractivity contribution >= 4 is 35.0 Å². The maximum absolute atomic E-state index is 10.5. The predicted octanol–water partition coefficient (Wildman–Crippen LogP) is 0.732. The fourth-order valence-corrected chi connectivity index (χ4v) is 1.24. The number of hydrogen-bond acceptors (Lipinski definition) is 2. The van der Waals surface area contributed by atoms with E-state index in [0.717, 1.165) is 0 Å². The van der Waals surface area contributed by atoms with Crippen molar-refractivity contribution in [3.63, 3.8) is 0 Å². The Morgan fingerprint density at radius 2 is 1.21 bits per heavy atom. The lowest BCUT2D eigenvalue weighted by molar-refractivity contribution is -0.118. The molecular weight excluding hydrogens is 227 g/mol. The Labute approximate surface area is 92.9 Å². The highest BCUT2D eigenvalue weighted by molar-refractivity contribution is 6.30. The second kappa shape index (κ2) is 6.90. The summed E-state index contributed by atoms with van der Waals surface area (Å²) in [6.07, 6.45) is 2.40. The molecule has 0 aromatic rings. The van der Waals surface area contributed by atoms with Crippen LogP contribution in [0.2, 0.25) is 0 Å². The van der Waals surface area contributed by atoms with Crippen molar-refractivity contribution in [1.29, 1.82) is 0 Å². The van der Waals surface area contributed by atoms with Gasteiger partial charge in [-0.3, -0.25) is 9.59 Å². The summed E-state index contributed by atoms with van der Waals surface area (Å²) in [5.41, 5.74) is 9.91. The van der Waals surface area contributed by atoms with Crippen LogP contribution in [-0.2, 0) is 9.59 Å². The molecule has 4 nitrogen and oxygen atoms in total. The van der Waals surface area contributed by atoms with Gasteiger partial charge in [0, 0.05) is 0 Å². The number of primary amides is 2. The monoisotopic (exact) mass is 240 g/mol. The molecule has 0 fully saturated rings. The third-order valence-electron chi connectivity index (χ3n) is 1.78. The molecule has 0 saturated heterocycles. The van der Waals surface area contributed by atoms with Crippen LogP contribution in [0.1, 0.15) is 25.7 Å². The van der Waals surface area contributed by atoms with E-state index in [2.05, 4.69) is 0 Å². The summed E-state index contributed by atoms with van der Waals surface area (Å²) >= 11 is 11.2. The minimum Gasteiger partial charge on any atom is -0.368 e. The summed E-state index contributed by atoms with van der Waals surface area (Å²) in [5, 5.41) is -1.28. The molecule has 14 heavy (non-hydrogen) atoms. The number of amides is 2. The summed E-state index contributed by atoms with van der Waals surface area (Å²) in [6, 6.07) is 0. The summed E-state index contributed by atoms with van der Waals surface area (Å²) < 4.78 is 0. The first-order valence-corrected chi connectivity index (χ1v) is 5.19. The third kappa shape index (κ3) is 6.05. The quantitative estimate of drug-likeness (QED) is 0.508. The van der Waals surface area contributed by atoms with Gasteiger partial charge >= 0.3 is 0 Å². The van der Waals surface area contributed by atoms with Crippen LogP contribution in [0.15, 0.2) is 0 Å². The molecule has 0 bridgehead atoms. The molecule has 0 aromatic heterocycles. The molecule has 2 unspecified atom stereocenters. The van der Waals surface area contributed by atoms with E-state index in [0.29, 0.717) is 25.7 Å². The summed E-state index contributed by atoms with van der Waals surface area (Å²) in [6.45, 7) is 0. The molecule has 0 spiro atoms. The number of rotatable bonds is 7. The molecule has 0 aromatic carbocycles. The molecule has 0 radical (unpaired) electrons. The maximum atomic E-state index is 10.5. The Morgan fingerprint density at radius 3 is 1.43 bits per heavy atom. The molecule has 0 aliphatic rings. The molecule has 0 heterocycles. The van der Waals surface area contributed by atoms with Gasteiger partial charge in [0.15, 0.2) is 0 Å². The number of carbonyl (C=O) groups is 2. The number of halogens is 2. The topological polar surface area (TPSA) is 86.2 Å². The van der Waals surface area contributed by atoms with E-state index in [1.165, 1.54) is 0 Å². The van der Waals surface area contributed by atoms with Crippen LogP contribution in [0, 0.1) is 0 Å².